The van der Waals surface area contributed by atoms with Crippen LogP contribution in [-0.2, 0) is 11.2 Å². The van der Waals surface area contributed by atoms with Gasteiger partial charge in [0.1, 0.15) is 5.84 Å². The van der Waals surface area contributed by atoms with Gasteiger partial charge in [-0.1, -0.05) is 61.6 Å². The summed E-state index contributed by atoms with van der Waals surface area (Å²) in [4.78, 5) is 27.8. The van der Waals surface area contributed by atoms with Crippen LogP contribution in [0.1, 0.15) is 42.0 Å². The highest BCUT2D eigenvalue weighted by Crippen LogP contribution is 2.38. The van der Waals surface area contributed by atoms with E-state index in [2.05, 4.69) is 48.1 Å². The number of amides is 1. The molecule has 45 heavy (non-hydrogen) atoms. The van der Waals surface area contributed by atoms with Gasteiger partial charge >= 0.3 is 0 Å². The molecule has 1 aromatic carbocycles. The maximum absolute atomic E-state index is 12.8. The van der Waals surface area contributed by atoms with E-state index in [1.54, 1.807) is 17.5 Å². The number of hydrogen-bond acceptors (Lipinski definition) is 7. The van der Waals surface area contributed by atoms with Crippen LogP contribution in [0.4, 0.5) is 5.69 Å². The Morgan fingerprint density at radius 2 is 2.11 bits per heavy atom. The number of aliphatic imine (C=N–C) groups is 2. The van der Waals surface area contributed by atoms with Gasteiger partial charge < -0.3 is 9.73 Å². The molecule has 224 valence electrons. The van der Waals surface area contributed by atoms with Crippen molar-refractivity contribution in [3.63, 3.8) is 0 Å². The minimum Gasteiger partial charge on any atom is -0.444 e. The molecule has 5 heterocycles. The average molecular weight is 613 g/mol. The van der Waals surface area contributed by atoms with E-state index < -0.39 is 0 Å². The van der Waals surface area contributed by atoms with E-state index in [4.69, 9.17) is 19.5 Å². The zero-order chi connectivity index (χ0) is 30.8. The van der Waals surface area contributed by atoms with E-state index in [-0.39, 0.29) is 23.8 Å². The Balaban J connectivity index is 1.17. The van der Waals surface area contributed by atoms with Gasteiger partial charge in [-0.3, -0.25) is 9.79 Å². The highest BCUT2D eigenvalue weighted by Gasteiger charge is 2.28. The van der Waals surface area contributed by atoms with Crippen LogP contribution >= 0.6 is 11.3 Å². The number of nitrogens with one attached hydrogen (secondary N) is 1. The lowest BCUT2D eigenvalue weighted by molar-refractivity contribution is -0.115. The van der Waals surface area contributed by atoms with Crippen LogP contribution in [-0.4, -0.2) is 32.6 Å². The van der Waals surface area contributed by atoms with Gasteiger partial charge in [-0.25, -0.2) is 14.5 Å². The zero-order valence-corrected chi connectivity index (χ0v) is 25.7. The molecule has 1 aliphatic heterocycles. The number of amidine groups is 1. The number of anilines is 1. The third-order valence-electron chi connectivity index (χ3n) is 8.29. The Labute approximate surface area is 265 Å². The molecule has 7 rings (SSSR count). The van der Waals surface area contributed by atoms with Crippen molar-refractivity contribution >= 4 is 46.1 Å². The summed E-state index contributed by atoms with van der Waals surface area (Å²) < 4.78 is 7.43. The van der Waals surface area contributed by atoms with Crippen LogP contribution in [0.25, 0.3) is 22.3 Å². The average Bonchev–Trinajstić information content (AvgIpc) is 3.86. The zero-order valence-electron chi connectivity index (χ0n) is 24.8. The van der Waals surface area contributed by atoms with Gasteiger partial charge in [0, 0.05) is 57.9 Å². The number of oxazole rings is 1. The van der Waals surface area contributed by atoms with Gasteiger partial charge in [0.15, 0.2) is 12.2 Å². The van der Waals surface area contributed by atoms with E-state index in [0.29, 0.717) is 12.8 Å². The molecule has 0 saturated heterocycles. The summed E-state index contributed by atoms with van der Waals surface area (Å²) in [5.41, 5.74) is 6.57. The number of rotatable bonds is 9. The van der Waals surface area contributed by atoms with Gasteiger partial charge in [0.25, 0.3) is 0 Å². The molecule has 1 N–H and O–H groups in total. The fourth-order valence-corrected chi connectivity index (χ4v) is 6.63. The largest absolute Gasteiger partial charge is 0.444 e. The standard InChI is InChI=1S/C36H32N6O2S/c1-23(25-8-5-9-26(18-25)32-21-37-22-44-32)24(2)36-38-15-14-30(40-36)34-31-13-3-4-16-42(31)41-35(34)27-10-6-11-28(19-27)39-33(43)20-29-12-7-17-45-29/h3-7,9-13,15-19,21-22,24-25,30H,1,8,14,20H2,2H3,(H,39,43)/t24-,25?,30-/m0/s1. The summed E-state index contributed by atoms with van der Waals surface area (Å²) in [7, 11) is 0. The molecule has 0 fully saturated rings. The fourth-order valence-electron chi connectivity index (χ4n) is 5.93. The first-order valence-electron chi connectivity index (χ1n) is 15.0. The summed E-state index contributed by atoms with van der Waals surface area (Å²) in [6.07, 6.45) is 15.4. The number of nitrogens with zero attached hydrogens (tertiary/aromatic N) is 5. The Hall–Kier alpha value is -5.15. The fraction of sp³-hybridized carbons (Fsp3) is 0.194. The van der Waals surface area contributed by atoms with Gasteiger partial charge in [0.2, 0.25) is 5.91 Å². The number of hydrogen-bond donors (Lipinski definition) is 1. The smallest absolute Gasteiger partial charge is 0.229 e. The lowest BCUT2D eigenvalue weighted by Gasteiger charge is -2.25. The first-order valence-corrected chi connectivity index (χ1v) is 15.9. The molecular formula is C36H32N6O2S. The minimum absolute atomic E-state index is 0.0481. The summed E-state index contributed by atoms with van der Waals surface area (Å²) in [6, 6.07) is 17.7. The molecule has 0 saturated carbocycles. The second-order valence-corrected chi connectivity index (χ2v) is 12.3. The molecule has 1 unspecified atom stereocenters. The molecule has 1 aliphatic carbocycles. The number of fused-ring (bicyclic) bond motifs is 1. The van der Waals surface area contributed by atoms with Crippen molar-refractivity contribution in [3.8, 4) is 11.3 Å². The van der Waals surface area contributed by atoms with Crippen molar-refractivity contribution < 1.29 is 9.21 Å². The molecule has 4 aromatic heterocycles. The SMILES string of the molecule is C=C(C1C=C(c2cnco2)C=CC1)[C@H](C)C1=N[C@H](c2c(-c3cccc(NC(=O)Cc4cccs4)c3)nn3ccccc23)CC=N1. The highest BCUT2D eigenvalue weighted by molar-refractivity contribution is 7.10. The molecule has 0 radical (unpaired) electrons. The Kier molecular flexibility index (Phi) is 7.92. The van der Waals surface area contributed by atoms with Crippen molar-refractivity contribution in [1.82, 2.24) is 14.6 Å². The van der Waals surface area contributed by atoms with Crippen LogP contribution in [0.3, 0.4) is 0 Å². The molecule has 3 atom stereocenters. The maximum Gasteiger partial charge on any atom is 0.229 e. The van der Waals surface area contributed by atoms with E-state index in [9.17, 15) is 4.79 Å². The van der Waals surface area contributed by atoms with E-state index in [1.807, 2.05) is 70.8 Å². The number of thiophene rings is 1. The lowest BCUT2D eigenvalue weighted by atomic mass is 9.83. The van der Waals surface area contributed by atoms with Crippen LogP contribution < -0.4 is 5.32 Å². The topological polar surface area (TPSA) is 97.2 Å². The van der Waals surface area contributed by atoms with Crippen LogP contribution in [0.5, 0.6) is 0 Å². The minimum atomic E-state index is -0.175. The Morgan fingerprint density at radius 1 is 1.18 bits per heavy atom. The van der Waals surface area contributed by atoms with Crippen molar-refractivity contribution in [2.24, 2.45) is 21.8 Å². The Bertz CT molecular complexity index is 1980. The molecule has 8 nitrogen and oxygen atoms in total. The molecular weight excluding hydrogens is 581 g/mol. The summed E-state index contributed by atoms with van der Waals surface area (Å²) >= 11 is 1.58. The van der Waals surface area contributed by atoms with E-state index in [1.165, 1.54) is 6.39 Å². The number of allylic oxidation sites excluding steroid dienone is 4. The predicted octanol–water partition coefficient (Wildman–Crippen LogP) is 8.00. The van der Waals surface area contributed by atoms with Crippen LogP contribution in [0.15, 0.2) is 124 Å². The molecule has 2 aliphatic rings. The van der Waals surface area contributed by atoms with Crippen molar-refractivity contribution in [2.45, 2.75) is 32.2 Å². The predicted molar refractivity (Wildman–Crippen MR) is 181 cm³/mol. The van der Waals surface area contributed by atoms with Crippen molar-refractivity contribution in [2.75, 3.05) is 5.32 Å². The third-order valence-corrected chi connectivity index (χ3v) is 9.17. The molecule has 0 spiro atoms. The number of carbonyl (C=O) groups is 1. The first-order chi connectivity index (χ1) is 22.0. The third kappa shape index (κ3) is 5.99. The quantitative estimate of drug-likeness (QED) is 0.171. The molecule has 1 amide bonds. The summed E-state index contributed by atoms with van der Waals surface area (Å²) in [5.74, 6) is 1.54. The molecule has 0 bridgehead atoms. The second kappa shape index (κ2) is 12.5. The first kappa shape index (κ1) is 28.6. The van der Waals surface area contributed by atoms with Gasteiger partial charge in [-0.2, -0.15) is 5.10 Å². The van der Waals surface area contributed by atoms with Gasteiger partial charge in [-0.15, -0.1) is 11.3 Å². The van der Waals surface area contributed by atoms with Crippen molar-refractivity contribution in [1.29, 1.82) is 0 Å². The van der Waals surface area contributed by atoms with E-state index in [0.717, 1.165) is 62.1 Å². The van der Waals surface area contributed by atoms with Crippen LogP contribution in [0, 0.1) is 11.8 Å². The monoisotopic (exact) mass is 612 g/mol. The van der Waals surface area contributed by atoms with Crippen molar-refractivity contribution in [3.05, 3.63) is 125 Å². The molecule has 5 aromatic rings. The molecule has 9 heteroatoms. The van der Waals surface area contributed by atoms with Gasteiger partial charge in [-0.05, 0) is 42.1 Å². The summed E-state index contributed by atoms with van der Waals surface area (Å²) in [6.45, 7) is 6.62. The lowest BCUT2D eigenvalue weighted by Crippen LogP contribution is -2.20. The highest BCUT2D eigenvalue weighted by atomic mass is 32.1. The normalized spacial score (nSPS) is 18.4. The van der Waals surface area contributed by atoms with Crippen LogP contribution in [0.2, 0.25) is 0 Å². The Morgan fingerprint density at radius 3 is 2.96 bits per heavy atom. The number of benzene rings is 1. The number of carbonyl (C=O) groups excluding carboxylic acids is 1. The second-order valence-electron chi connectivity index (χ2n) is 11.3. The summed E-state index contributed by atoms with van der Waals surface area (Å²) in [5, 5.41) is 10.0. The number of aromatic nitrogens is 3. The number of pyridine rings is 1. The van der Waals surface area contributed by atoms with E-state index >= 15 is 0 Å². The van der Waals surface area contributed by atoms with Gasteiger partial charge in [0.05, 0.1) is 29.9 Å². The maximum atomic E-state index is 12.8.